The summed E-state index contributed by atoms with van der Waals surface area (Å²) in [6.45, 7) is 0.970. The largest absolute Gasteiger partial charge is 0.322 e. The van der Waals surface area contributed by atoms with E-state index in [2.05, 4.69) is 36.0 Å². The number of nitrogens with one attached hydrogen (secondary N) is 1. The van der Waals surface area contributed by atoms with Crippen LogP contribution in [0.25, 0.3) is 11.4 Å². The Labute approximate surface area is 167 Å². The molecule has 4 rings (SSSR count). The zero-order valence-electron chi connectivity index (χ0n) is 15.0. The Bertz CT molecular complexity index is 949. The van der Waals surface area contributed by atoms with Gasteiger partial charge < -0.3 is 9.88 Å². The second-order valence-corrected chi connectivity index (χ2v) is 7.62. The Hall–Kier alpha value is -2.47. The number of carbonyl (C=O) groups excluding carboxylic acids is 1. The van der Waals surface area contributed by atoms with Crippen molar-refractivity contribution in [3.63, 3.8) is 0 Å². The summed E-state index contributed by atoms with van der Waals surface area (Å²) in [5.41, 5.74) is 2.39. The predicted molar refractivity (Wildman–Crippen MR) is 110 cm³/mol. The molecule has 0 unspecified atom stereocenters. The van der Waals surface area contributed by atoms with Gasteiger partial charge in [-0.05, 0) is 65.2 Å². The average molecular weight is 425 g/mol. The van der Waals surface area contributed by atoms with E-state index < -0.39 is 0 Å². The van der Waals surface area contributed by atoms with Crippen LogP contribution in [0.2, 0.25) is 0 Å². The van der Waals surface area contributed by atoms with Gasteiger partial charge in [0.1, 0.15) is 5.82 Å². The first-order chi connectivity index (χ1) is 13.2. The molecule has 1 aliphatic heterocycles. The lowest BCUT2D eigenvalue weighted by molar-refractivity contribution is 0.102. The molecule has 0 aliphatic carbocycles. The third kappa shape index (κ3) is 3.95. The van der Waals surface area contributed by atoms with Gasteiger partial charge in [0.2, 0.25) is 0 Å². The van der Waals surface area contributed by atoms with Gasteiger partial charge in [0.25, 0.3) is 5.91 Å². The van der Waals surface area contributed by atoms with Crippen molar-refractivity contribution in [2.45, 2.75) is 38.6 Å². The van der Waals surface area contributed by atoms with Gasteiger partial charge in [-0.15, -0.1) is 10.2 Å². The number of fused-ring (bicyclic) bond motifs is 1. The topological polar surface area (TPSA) is 59.8 Å². The van der Waals surface area contributed by atoms with Crippen LogP contribution in [0.15, 0.2) is 53.0 Å². The van der Waals surface area contributed by atoms with E-state index in [1.165, 1.54) is 19.3 Å². The van der Waals surface area contributed by atoms with Crippen molar-refractivity contribution in [3.05, 3.63) is 64.4 Å². The third-order valence-electron chi connectivity index (χ3n) is 4.88. The molecule has 5 nitrogen and oxygen atoms in total. The van der Waals surface area contributed by atoms with E-state index in [0.29, 0.717) is 5.56 Å². The van der Waals surface area contributed by atoms with Gasteiger partial charge in [-0.1, -0.05) is 25.0 Å². The number of halogens is 1. The molecule has 3 aromatic rings. The first-order valence-electron chi connectivity index (χ1n) is 9.31. The number of hydrogen-bond donors (Lipinski definition) is 1. The van der Waals surface area contributed by atoms with E-state index in [4.69, 9.17) is 0 Å². The lowest BCUT2D eigenvalue weighted by atomic mass is 10.1. The van der Waals surface area contributed by atoms with Crippen molar-refractivity contribution >= 4 is 27.5 Å². The normalized spacial score (nSPS) is 14.1. The van der Waals surface area contributed by atoms with E-state index in [-0.39, 0.29) is 5.91 Å². The number of anilines is 1. The molecule has 1 aromatic heterocycles. The van der Waals surface area contributed by atoms with Crippen molar-refractivity contribution in [2.75, 3.05) is 5.32 Å². The van der Waals surface area contributed by atoms with Crippen molar-refractivity contribution in [1.29, 1.82) is 0 Å². The van der Waals surface area contributed by atoms with Gasteiger partial charge in [0.05, 0.1) is 5.56 Å². The fourth-order valence-corrected chi connectivity index (χ4v) is 3.89. The summed E-state index contributed by atoms with van der Waals surface area (Å²) < 4.78 is 3.02. The maximum Gasteiger partial charge on any atom is 0.256 e. The fraction of sp³-hybridized carbons (Fsp3) is 0.286. The van der Waals surface area contributed by atoms with Gasteiger partial charge in [-0.2, -0.15) is 0 Å². The van der Waals surface area contributed by atoms with Crippen LogP contribution >= 0.6 is 15.9 Å². The molecule has 0 fully saturated rings. The summed E-state index contributed by atoms with van der Waals surface area (Å²) in [4.78, 5) is 12.4. The molecule has 27 heavy (non-hydrogen) atoms. The van der Waals surface area contributed by atoms with Crippen LogP contribution in [0.3, 0.4) is 0 Å². The molecule has 2 heterocycles. The van der Waals surface area contributed by atoms with Crippen LogP contribution in [0.4, 0.5) is 5.69 Å². The van der Waals surface area contributed by atoms with Crippen molar-refractivity contribution in [1.82, 2.24) is 14.8 Å². The summed E-state index contributed by atoms with van der Waals surface area (Å²) in [6, 6.07) is 15.2. The maximum absolute atomic E-state index is 12.4. The minimum absolute atomic E-state index is 0.136. The lowest BCUT2D eigenvalue weighted by Crippen LogP contribution is -2.12. The molecule has 0 radical (unpaired) electrons. The minimum atomic E-state index is -0.136. The van der Waals surface area contributed by atoms with Gasteiger partial charge in [0.15, 0.2) is 5.82 Å². The Morgan fingerprint density at radius 1 is 0.963 bits per heavy atom. The first kappa shape index (κ1) is 17.9. The van der Waals surface area contributed by atoms with E-state index in [0.717, 1.165) is 46.8 Å². The van der Waals surface area contributed by atoms with E-state index >= 15 is 0 Å². The highest BCUT2D eigenvalue weighted by atomic mass is 79.9. The summed E-state index contributed by atoms with van der Waals surface area (Å²) >= 11 is 3.42. The fourth-order valence-electron chi connectivity index (χ4n) is 3.42. The van der Waals surface area contributed by atoms with E-state index in [1.807, 2.05) is 42.5 Å². The van der Waals surface area contributed by atoms with Crippen molar-refractivity contribution in [2.24, 2.45) is 0 Å². The Kier molecular flexibility index (Phi) is 5.34. The number of carbonyl (C=O) groups is 1. The Morgan fingerprint density at radius 2 is 1.74 bits per heavy atom. The molecule has 0 bridgehead atoms. The zero-order chi connectivity index (χ0) is 18.6. The Balaban J connectivity index is 1.53. The molecule has 0 saturated heterocycles. The van der Waals surface area contributed by atoms with Crippen LogP contribution < -0.4 is 5.32 Å². The summed E-state index contributed by atoms with van der Waals surface area (Å²) in [5.74, 6) is 1.86. The Morgan fingerprint density at radius 3 is 2.56 bits per heavy atom. The average Bonchev–Trinajstić information content (AvgIpc) is 3.04. The number of rotatable bonds is 3. The SMILES string of the molecule is O=C(Nc1ccc(-c2nnc3n2CCCCCC3)cc1)c1ccccc1Br. The van der Waals surface area contributed by atoms with Crippen LogP contribution in [-0.4, -0.2) is 20.7 Å². The molecule has 0 saturated carbocycles. The van der Waals surface area contributed by atoms with E-state index in [9.17, 15) is 4.79 Å². The van der Waals surface area contributed by atoms with Crippen molar-refractivity contribution in [3.8, 4) is 11.4 Å². The molecular formula is C21H21BrN4O. The monoisotopic (exact) mass is 424 g/mol. The molecule has 1 N–H and O–H groups in total. The quantitative estimate of drug-likeness (QED) is 0.637. The molecular weight excluding hydrogens is 404 g/mol. The summed E-state index contributed by atoms with van der Waals surface area (Å²) in [7, 11) is 0. The number of nitrogens with zero attached hydrogens (tertiary/aromatic N) is 3. The molecule has 2 aromatic carbocycles. The van der Waals surface area contributed by atoms with Crippen LogP contribution in [0, 0.1) is 0 Å². The van der Waals surface area contributed by atoms with Crippen LogP contribution in [-0.2, 0) is 13.0 Å². The number of benzene rings is 2. The molecule has 0 atom stereocenters. The van der Waals surface area contributed by atoms with Gasteiger partial charge in [-0.3, -0.25) is 4.79 Å². The van der Waals surface area contributed by atoms with Crippen LogP contribution in [0.5, 0.6) is 0 Å². The molecule has 0 spiro atoms. The standard InChI is InChI=1S/C21H21BrN4O/c22-18-8-5-4-7-17(18)21(27)23-16-12-10-15(11-13-16)20-25-24-19-9-3-1-2-6-14-26(19)20/h4-5,7-8,10-13H,1-3,6,9,14H2,(H,23,27). The molecule has 6 heteroatoms. The predicted octanol–water partition coefficient (Wildman–Crippen LogP) is 5.08. The third-order valence-corrected chi connectivity index (χ3v) is 5.57. The van der Waals surface area contributed by atoms with E-state index in [1.54, 1.807) is 6.07 Å². The number of aryl methyl sites for hydroxylation is 1. The highest BCUT2D eigenvalue weighted by molar-refractivity contribution is 9.10. The summed E-state index contributed by atoms with van der Waals surface area (Å²) in [6.07, 6.45) is 5.87. The summed E-state index contributed by atoms with van der Waals surface area (Å²) in [5, 5.41) is 11.8. The highest BCUT2D eigenvalue weighted by Crippen LogP contribution is 2.24. The first-order valence-corrected chi connectivity index (χ1v) is 10.1. The number of amides is 1. The highest BCUT2D eigenvalue weighted by Gasteiger charge is 2.15. The lowest BCUT2D eigenvalue weighted by Gasteiger charge is -2.13. The second-order valence-electron chi connectivity index (χ2n) is 6.77. The number of aromatic nitrogens is 3. The zero-order valence-corrected chi connectivity index (χ0v) is 16.6. The van der Waals surface area contributed by atoms with Gasteiger partial charge in [-0.25, -0.2) is 0 Å². The molecule has 1 amide bonds. The molecule has 138 valence electrons. The smallest absolute Gasteiger partial charge is 0.256 e. The van der Waals surface area contributed by atoms with Crippen LogP contribution in [0.1, 0.15) is 41.9 Å². The van der Waals surface area contributed by atoms with Crippen molar-refractivity contribution < 1.29 is 4.79 Å². The maximum atomic E-state index is 12.4. The molecule has 1 aliphatic rings. The van der Waals surface area contributed by atoms with Gasteiger partial charge in [0, 0.05) is 28.7 Å². The van der Waals surface area contributed by atoms with Gasteiger partial charge >= 0.3 is 0 Å². The second kappa shape index (κ2) is 8.05. The number of hydrogen-bond acceptors (Lipinski definition) is 3. The minimum Gasteiger partial charge on any atom is -0.322 e.